The molecule has 4 nitrogen and oxygen atoms in total. The molecule has 15 heavy (non-hydrogen) atoms. The van der Waals surface area contributed by atoms with Crippen LogP contribution in [0.2, 0.25) is 0 Å². The Hall–Kier alpha value is -1.97. The van der Waals surface area contributed by atoms with Crippen molar-refractivity contribution in [3.63, 3.8) is 0 Å². The van der Waals surface area contributed by atoms with E-state index in [-0.39, 0.29) is 0 Å². The first kappa shape index (κ1) is 9.58. The second-order valence-electron chi connectivity index (χ2n) is 3.49. The molecule has 0 bridgehead atoms. The average molecular weight is 203 g/mol. The van der Waals surface area contributed by atoms with Gasteiger partial charge in [-0.05, 0) is 24.6 Å². The molecule has 0 spiro atoms. The zero-order valence-corrected chi connectivity index (χ0v) is 8.77. The lowest BCUT2D eigenvalue weighted by atomic mass is 10.2. The topological polar surface area (TPSA) is 53.1 Å². The Kier molecular flexibility index (Phi) is 2.33. The van der Waals surface area contributed by atoms with Crippen molar-refractivity contribution in [1.82, 2.24) is 9.78 Å². The maximum absolute atomic E-state index is 5.82. The molecule has 0 aliphatic carbocycles. The Morgan fingerprint density at radius 1 is 1.40 bits per heavy atom. The van der Waals surface area contributed by atoms with Gasteiger partial charge in [-0.2, -0.15) is 5.10 Å². The number of ether oxygens (including phenoxy) is 1. The van der Waals surface area contributed by atoms with Crippen LogP contribution >= 0.6 is 0 Å². The Morgan fingerprint density at radius 3 is 2.80 bits per heavy atom. The molecule has 0 amide bonds. The standard InChI is InChI=1S/C11H13N3O/c1-8-3-4-11(10(12)5-8)15-9-6-13-14(2)7-9/h3-7H,12H2,1-2H3. The summed E-state index contributed by atoms with van der Waals surface area (Å²) in [7, 11) is 1.84. The first-order chi connectivity index (χ1) is 7.15. The van der Waals surface area contributed by atoms with Gasteiger partial charge >= 0.3 is 0 Å². The van der Waals surface area contributed by atoms with Crippen LogP contribution in [0.5, 0.6) is 11.5 Å². The quantitative estimate of drug-likeness (QED) is 0.760. The van der Waals surface area contributed by atoms with E-state index < -0.39 is 0 Å². The summed E-state index contributed by atoms with van der Waals surface area (Å²) >= 11 is 0. The fraction of sp³-hybridized carbons (Fsp3) is 0.182. The molecule has 1 heterocycles. The maximum Gasteiger partial charge on any atom is 0.165 e. The summed E-state index contributed by atoms with van der Waals surface area (Å²) in [4.78, 5) is 0. The normalized spacial score (nSPS) is 10.3. The Morgan fingerprint density at radius 2 is 2.20 bits per heavy atom. The summed E-state index contributed by atoms with van der Waals surface area (Å²) in [5, 5.41) is 4.01. The molecule has 2 aromatic rings. The zero-order valence-electron chi connectivity index (χ0n) is 8.77. The van der Waals surface area contributed by atoms with Gasteiger partial charge in [0, 0.05) is 7.05 Å². The van der Waals surface area contributed by atoms with Crippen molar-refractivity contribution in [2.75, 3.05) is 5.73 Å². The molecule has 78 valence electrons. The third-order valence-corrected chi connectivity index (χ3v) is 2.07. The molecule has 0 fully saturated rings. The van der Waals surface area contributed by atoms with Gasteiger partial charge in [0.05, 0.1) is 18.1 Å². The van der Waals surface area contributed by atoms with E-state index in [9.17, 15) is 0 Å². The number of nitrogens with zero attached hydrogens (tertiary/aromatic N) is 2. The minimum Gasteiger partial charge on any atom is -0.452 e. The molecular formula is C11H13N3O. The van der Waals surface area contributed by atoms with Crippen LogP contribution in [0.25, 0.3) is 0 Å². The highest BCUT2D eigenvalue weighted by Gasteiger charge is 2.03. The third-order valence-electron chi connectivity index (χ3n) is 2.07. The van der Waals surface area contributed by atoms with E-state index in [0.717, 1.165) is 5.56 Å². The van der Waals surface area contributed by atoms with Gasteiger partial charge in [0.25, 0.3) is 0 Å². The minimum absolute atomic E-state index is 0.638. The second-order valence-corrected chi connectivity index (χ2v) is 3.49. The van der Waals surface area contributed by atoms with Crippen molar-refractivity contribution in [2.24, 2.45) is 7.05 Å². The van der Waals surface area contributed by atoms with Crippen LogP contribution in [0.3, 0.4) is 0 Å². The zero-order chi connectivity index (χ0) is 10.8. The smallest absolute Gasteiger partial charge is 0.165 e. The summed E-state index contributed by atoms with van der Waals surface area (Å²) in [6.07, 6.45) is 3.44. The Bertz CT molecular complexity index is 476. The lowest BCUT2D eigenvalue weighted by Crippen LogP contribution is -1.92. The molecule has 1 aromatic heterocycles. The highest BCUT2D eigenvalue weighted by molar-refractivity contribution is 5.55. The average Bonchev–Trinajstić information content (AvgIpc) is 2.56. The van der Waals surface area contributed by atoms with E-state index in [2.05, 4.69) is 5.10 Å². The molecule has 0 aliphatic rings. The van der Waals surface area contributed by atoms with E-state index >= 15 is 0 Å². The highest BCUT2D eigenvalue weighted by atomic mass is 16.5. The molecule has 0 unspecified atom stereocenters. The van der Waals surface area contributed by atoms with Crippen molar-refractivity contribution in [2.45, 2.75) is 6.92 Å². The van der Waals surface area contributed by atoms with Gasteiger partial charge in [0.2, 0.25) is 0 Å². The maximum atomic E-state index is 5.82. The van der Waals surface area contributed by atoms with Crippen molar-refractivity contribution >= 4 is 5.69 Å². The first-order valence-corrected chi connectivity index (χ1v) is 4.68. The van der Waals surface area contributed by atoms with Gasteiger partial charge in [0.15, 0.2) is 5.75 Å². The molecular weight excluding hydrogens is 190 g/mol. The van der Waals surface area contributed by atoms with Crippen molar-refractivity contribution < 1.29 is 4.74 Å². The molecule has 2 rings (SSSR count). The van der Waals surface area contributed by atoms with E-state index in [0.29, 0.717) is 17.2 Å². The number of rotatable bonds is 2. The van der Waals surface area contributed by atoms with E-state index in [1.807, 2.05) is 32.2 Å². The van der Waals surface area contributed by atoms with Crippen LogP contribution in [0.1, 0.15) is 5.56 Å². The summed E-state index contributed by atoms with van der Waals surface area (Å²) in [6.45, 7) is 1.99. The summed E-state index contributed by atoms with van der Waals surface area (Å²) in [5.41, 5.74) is 7.58. The lowest BCUT2D eigenvalue weighted by molar-refractivity contribution is 0.484. The lowest BCUT2D eigenvalue weighted by Gasteiger charge is -2.06. The summed E-state index contributed by atoms with van der Waals surface area (Å²) in [6, 6.07) is 5.70. The molecule has 4 heteroatoms. The molecule has 0 aliphatic heterocycles. The van der Waals surface area contributed by atoms with Crippen LogP contribution in [0, 0.1) is 6.92 Å². The van der Waals surface area contributed by atoms with Crippen LogP contribution in [-0.2, 0) is 7.05 Å². The number of hydrogen-bond acceptors (Lipinski definition) is 3. The monoisotopic (exact) mass is 203 g/mol. The molecule has 0 saturated carbocycles. The number of nitrogens with two attached hydrogens (primary N) is 1. The van der Waals surface area contributed by atoms with Gasteiger partial charge < -0.3 is 10.5 Å². The van der Waals surface area contributed by atoms with Crippen molar-refractivity contribution in [3.05, 3.63) is 36.2 Å². The largest absolute Gasteiger partial charge is 0.452 e. The number of hydrogen-bond donors (Lipinski definition) is 1. The van der Waals surface area contributed by atoms with Gasteiger partial charge in [-0.3, -0.25) is 4.68 Å². The fourth-order valence-electron chi connectivity index (χ4n) is 1.34. The van der Waals surface area contributed by atoms with Crippen LogP contribution in [-0.4, -0.2) is 9.78 Å². The highest BCUT2D eigenvalue weighted by Crippen LogP contribution is 2.27. The van der Waals surface area contributed by atoms with Gasteiger partial charge in [-0.1, -0.05) is 6.07 Å². The molecule has 0 saturated heterocycles. The fourth-order valence-corrected chi connectivity index (χ4v) is 1.34. The van der Waals surface area contributed by atoms with Gasteiger partial charge in [0.1, 0.15) is 5.75 Å². The van der Waals surface area contributed by atoms with E-state index in [1.165, 1.54) is 0 Å². The molecule has 0 radical (unpaired) electrons. The predicted molar refractivity (Wildman–Crippen MR) is 58.9 cm³/mol. The molecule has 0 atom stereocenters. The third kappa shape index (κ3) is 2.10. The summed E-state index contributed by atoms with van der Waals surface area (Å²) < 4.78 is 7.26. The Labute approximate surface area is 88.3 Å². The summed E-state index contributed by atoms with van der Waals surface area (Å²) in [5.74, 6) is 1.35. The number of anilines is 1. The first-order valence-electron chi connectivity index (χ1n) is 4.68. The van der Waals surface area contributed by atoms with Crippen molar-refractivity contribution in [3.8, 4) is 11.5 Å². The van der Waals surface area contributed by atoms with Gasteiger partial charge in [-0.15, -0.1) is 0 Å². The van der Waals surface area contributed by atoms with Crippen molar-refractivity contribution in [1.29, 1.82) is 0 Å². The van der Waals surface area contributed by atoms with E-state index in [4.69, 9.17) is 10.5 Å². The van der Waals surface area contributed by atoms with Gasteiger partial charge in [-0.25, -0.2) is 0 Å². The molecule has 1 aromatic carbocycles. The predicted octanol–water partition coefficient (Wildman–Crippen LogP) is 2.10. The van der Waals surface area contributed by atoms with Crippen LogP contribution in [0.15, 0.2) is 30.6 Å². The van der Waals surface area contributed by atoms with Crippen LogP contribution in [0.4, 0.5) is 5.69 Å². The Balaban J connectivity index is 2.24. The number of aryl methyl sites for hydroxylation is 2. The van der Waals surface area contributed by atoms with Crippen LogP contribution < -0.4 is 10.5 Å². The SMILES string of the molecule is Cc1ccc(Oc2cnn(C)c2)c(N)c1. The number of benzene rings is 1. The minimum atomic E-state index is 0.638. The second kappa shape index (κ2) is 3.65. The molecule has 2 N–H and O–H groups in total. The number of nitrogen functional groups attached to an aromatic ring is 1. The number of aromatic nitrogens is 2. The van der Waals surface area contributed by atoms with E-state index in [1.54, 1.807) is 17.1 Å².